The Bertz CT molecular complexity index is 1330. The van der Waals surface area contributed by atoms with Crippen molar-refractivity contribution in [3.8, 4) is 23.1 Å². The lowest BCUT2D eigenvalue weighted by atomic mass is 9.91. The van der Waals surface area contributed by atoms with Gasteiger partial charge in [0.1, 0.15) is 0 Å². The van der Waals surface area contributed by atoms with Gasteiger partial charge in [-0.2, -0.15) is 16.8 Å². The van der Waals surface area contributed by atoms with Crippen LogP contribution in [0.2, 0.25) is 0 Å². The van der Waals surface area contributed by atoms with E-state index >= 15 is 0 Å². The summed E-state index contributed by atoms with van der Waals surface area (Å²) in [5.41, 5.74) is 0.384. The number of benzene rings is 1. The number of pyridine rings is 1. The minimum Gasteiger partial charge on any atom is -0.493 e. The molecule has 0 spiro atoms. The van der Waals surface area contributed by atoms with E-state index in [2.05, 4.69) is 4.98 Å². The van der Waals surface area contributed by atoms with Gasteiger partial charge in [-0.25, -0.2) is 4.98 Å². The number of methoxy groups -OCH3 is 3. The fraction of sp³-hybridized carbons (Fsp3) is 0.480. The van der Waals surface area contributed by atoms with Crippen molar-refractivity contribution < 1.29 is 44.2 Å². The Morgan fingerprint density at radius 3 is 2.00 bits per heavy atom. The molecule has 0 aliphatic carbocycles. The minimum atomic E-state index is -3.87. The van der Waals surface area contributed by atoms with Crippen LogP contribution in [0.3, 0.4) is 0 Å². The topological polar surface area (TPSA) is 168 Å². The Morgan fingerprint density at radius 1 is 0.923 bits per heavy atom. The Hall–Kier alpha value is -3.23. The van der Waals surface area contributed by atoms with Crippen LogP contribution in [-0.2, 0) is 24.4 Å². The highest BCUT2D eigenvalue weighted by Crippen LogP contribution is 2.38. The molecule has 1 atom stereocenters. The van der Waals surface area contributed by atoms with Crippen molar-refractivity contribution in [2.24, 2.45) is 0 Å². The number of ketones is 1. The zero-order chi connectivity index (χ0) is 29.2. The molecule has 0 bridgehead atoms. The lowest BCUT2D eigenvalue weighted by molar-refractivity contribution is 0.0998. The monoisotopic (exact) mass is 586 g/mol. The van der Waals surface area contributed by atoms with E-state index in [0.29, 0.717) is 24.2 Å². The molecule has 1 heterocycles. The van der Waals surface area contributed by atoms with Gasteiger partial charge in [-0.05, 0) is 30.5 Å². The normalized spacial score (nSPS) is 12.4. The number of hydrogen-bond acceptors (Lipinski definition) is 12. The number of aromatic nitrogens is 1. The first-order chi connectivity index (χ1) is 18.4. The lowest BCUT2D eigenvalue weighted by Gasteiger charge is -2.19. The third-order valence-corrected chi connectivity index (χ3v) is 8.19. The van der Waals surface area contributed by atoms with E-state index in [4.69, 9.17) is 28.0 Å². The number of nitrogens with one attached hydrogen (secondary N) is 1. The third-order valence-electron chi connectivity index (χ3n) is 5.45. The van der Waals surface area contributed by atoms with Crippen LogP contribution < -0.4 is 18.4 Å². The highest BCUT2D eigenvalue weighted by atomic mass is 32.2. The van der Waals surface area contributed by atoms with Crippen LogP contribution in [0.1, 0.15) is 54.9 Å². The largest absolute Gasteiger partial charge is 0.493 e. The van der Waals surface area contributed by atoms with Crippen molar-refractivity contribution in [2.45, 2.75) is 39.0 Å². The van der Waals surface area contributed by atoms with Gasteiger partial charge in [-0.3, -0.25) is 8.98 Å². The molecule has 1 unspecified atom stereocenters. The standard InChI is InChI=1S/C25H34N2O10S2/c1-6-10-38(29,30)36-16-19(17-8-9-24(27-15-17)37-39(31,32)11-7-2)20(26)14-21(28)18-12-22(33-3)25(35-5)23(13-18)34-4/h8-9,12-13,15,19,26H,6-7,10-11,14,16H2,1-5H3. The van der Waals surface area contributed by atoms with Gasteiger partial charge in [0.15, 0.2) is 17.3 Å². The zero-order valence-electron chi connectivity index (χ0n) is 22.6. The summed E-state index contributed by atoms with van der Waals surface area (Å²) in [4.78, 5) is 17.1. The fourth-order valence-electron chi connectivity index (χ4n) is 3.59. The first-order valence-electron chi connectivity index (χ1n) is 12.1. The molecule has 2 aromatic rings. The zero-order valence-corrected chi connectivity index (χ0v) is 24.2. The van der Waals surface area contributed by atoms with Crippen LogP contribution in [0.15, 0.2) is 30.5 Å². The number of hydrogen-bond donors (Lipinski definition) is 1. The second-order valence-corrected chi connectivity index (χ2v) is 11.9. The first-order valence-corrected chi connectivity index (χ1v) is 15.2. The Labute approximate surface area is 229 Å². The molecular weight excluding hydrogens is 552 g/mol. The fourth-order valence-corrected chi connectivity index (χ4v) is 5.49. The Morgan fingerprint density at radius 2 is 1.51 bits per heavy atom. The number of nitrogens with zero attached hydrogens (tertiary/aromatic N) is 1. The molecule has 1 N–H and O–H groups in total. The molecule has 14 heteroatoms. The van der Waals surface area contributed by atoms with Crippen LogP contribution in [0, 0.1) is 5.41 Å². The second-order valence-electron chi connectivity index (χ2n) is 8.41. The van der Waals surface area contributed by atoms with Gasteiger partial charge in [0.05, 0.1) is 39.4 Å². The Kier molecular flexibility index (Phi) is 11.7. The van der Waals surface area contributed by atoms with E-state index in [1.54, 1.807) is 13.8 Å². The molecule has 0 aliphatic heterocycles. The molecule has 2 rings (SSSR count). The van der Waals surface area contributed by atoms with E-state index in [1.165, 1.54) is 51.8 Å². The molecule has 0 amide bonds. The van der Waals surface area contributed by atoms with Gasteiger partial charge in [0.25, 0.3) is 10.1 Å². The summed E-state index contributed by atoms with van der Waals surface area (Å²) >= 11 is 0. The van der Waals surface area contributed by atoms with Crippen molar-refractivity contribution in [3.63, 3.8) is 0 Å². The highest BCUT2D eigenvalue weighted by molar-refractivity contribution is 7.87. The predicted octanol–water partition coefficient (Wildman–Crippen LogP) is 3.36. The number of ether oxygens (including phenoxy) is 3. The molecular formula is C25H34N2O10S2. The molecule has 216 valence electrons. The quantitative estimate of drug-likeness (QED) is 0.164. The predicted molar refractivity (Wildman–Crippen MR) is 144 cm³/mol. The summed E-state index contributed by atoms with van der Waals surface area (Å²) in [7, 11) is -3.44. The summed E-state index contributed by atoms with van der Waals surface area (Å²) < 4.78 is 74.3. The molecule has 1 aromatic carbocycles. The van der Waals surface area contributed by atoms with Gasteiger partial charge < -0.3 is 23.8 Å². The number of carbonyl (C=O) groups is 1. The summed E-state index contributed by atoms with van der Waals surface area (Å²) in [6.45, 7) is 2.94. The van der Waals surface area contributed by atoms with Crippen molar-refractivity contribution in [2.75, 3.05) is 39.4 Å². The summed E-state index contributed by atoms with van der Waals surface area (Å²) in [6, 6.07) is 5.66. The van der Waals surface area contributed by atoms with Crippen LogP contribution in [0.4, 0.5) is 0 Å². The van der Waals surface area contributed by atoms with E-state index in [1.807, 2.05) is 0 Å². The van der Waals surface area contributed by atoms with Crippen molar-refractivity contribution >= 4 is 31.7 Å². The van der Waals surface area contributed by atoms with Crippen LogP contribution in [-0.4, -0.2) is 72.8 Å². The maximum atomic E-state index is 13.1. The molecule has 0 fully saturated rings. The van der Waals surface area contributed by atoms with Gasteiger partial charge in [-0.1, -0.05) is 19.9 Å². The molecule has 12 nitrogen and oxygen atoms in total. The third kappa shape index (κ3) is 9.18. The second kappa shape index (κ2) is 14.2. The van der Waals surface area contributed by atoms with Crippen LogP contribution in [0.25, 0.3) is 0 Å². The van der Waals surface area contributed by atoms with Gasteiger partial charge in [0, 0.05) is 35.9 Å². The van der Waals surface area contributed by atoms with Crippen molar-refractivity contribution in [3.05, 3.63) is 41.6 Å². The average Bonchev–Trinajstić information content (AvgIpc) is 2.88. The minimum absolute atomic E-state index is 0.144. The van der Waals surface area contributed by atoms with Gasteiger partial charge in [0.2, 0.25) is 11.6 Å². The molecule has 0 saturated carbocycles. The number of carbonyl (C=O) groups excluding carboxylic acids is 1. The Balaban J connectivity index is 2.35. The molecule has 0 saturated heterocycles. The van der Waals surface area contributed by atoms with Gasteiger partial charge in [-0.15, -0.1) is 0 Å². The van der Waals surface area contributed by atoms with E-state index in [0.717, 1.165) is 0 Å². The highest BCUT2D eigenvalue weighted by Gasteiger charge is 2.26. The summed E-state index contributed by atoms with van der Waals surface area (Å²) in [5, 5.41) is 8.66. The maximum Gasteiger partial charge on any atom is 0.310 e. The van der Waals surface area contributed by atoms with Crippen molar-refractivity contribution in [1.29, 1.82) is 5.41 Å². The smallest absolute Gasteiger partial charge is 0.310 e. The molecule has 0 radical (unpaired) electrons. The summed E-state index contributed by atoms with van der Waals surface area (Å²) in [6.07, 6.45) is 1.58. The van der Waals surface area contributed by atoms with Crippen LogP contribution >= 0.6 is 0 Å². The van der Waals surface area contributed by atoms with E-state index in [9.17, 15) is 21.6 Å². The number of Topliss-reactive ketones (excluding diaryl/α,β-unsaturated/α-hetero) is 1. The van der Waals surface area contributed by atoms with Crippen LogP contribution in [0.5, 0.6) is 23.1 Å². The van der Waals surface area contributed by atoms with Crippen molar-refractivity contribution in [1.82, 2.24) is 4.98 Å². The first kappa shape index (κ1) is 32.0. The van der Waals surface area contributed by atoms with Gasteiger partial charge >= 0.3 is 10.1 Å². The SMILES string of the molecule is CCCS(=O)(=O)OCC(C(=N)CC(=O)c1cc(OC)c(OC)c(OC)c1)c1ccc(OS(=O)(=O)CCC)nc1. The lowest BCUT2D eigenvalue weighted by Crippen LogP contribution is -2.23. The molecule has 39 heavy (non-hydrogen) atoms. The number of rotatable bonds is 17. The summed E-state index contributed by atoms with van der Waals surface area (Å²) in [5.74, 6) is -1.19. The van der Waals surface area contributed by atoms with E-state index in [-0.39, 0.29) is 46.6 Å². The molecule has 0 aliphatic rings. The molecule has 1 aromatic heterocycles. The maximum absolute atomic E-state index is 13.1. The average molecular weight is 587 g/mol. The van der Waals surface area contributed by atoms with E-state index < -0.39 is 38.5 Å².